The van der Waals surface area contributed by atoms with Crippen LogP contribution in [0.5, 0.6) is 0 Å². The molecule has 0 radical (unpaired) electrons. The highest BCUT2D eigenvalue weighted by atomic mass is 16.4. The Morgan fingerprint density at radius 1 is 1.20 bits per heavy atom. The average molecular weight is 283 g/mol. The monoisotopic (exact) mass is 283 g/mol. The third kappa shape index (κ3) is 5.98. The molecule has 0 bridgehead atoms. The molecule has 1 amide bonds. The summed E-state index contributed by atoms with van der Waals surface area (Å²) in [6.45, 7) is 0.161. The number of aromatic amines is 1. The van der Waals surface area contributed by atoms with E-state index in [9.17, 15) is 19.2 Å². The Labute approximate surface area is 114 Å². The highest BCUT2D eigenvalue weighted by Crippen LogP contribution is 1.98. The van der Waals surface area contributed by atoms with Crippen LogP contribution in [0.3, 0.4) is 0 Å². The zero-order valence-electron chi connectivity index (χ0n) is 10.9. The van der Waals surface area contributed by atoms with E-state index in [2.05, 4.69) is 10.4 Å². The van der Waals surface area contributed by atoms with Crippen LogP contribution in [0.25, 0.3) is 0 Å². The van der Waals surface area contributed by atoms with Crippen molar-refractivity contribution in [3.8, 4) is 0 Å². The van der Waals surface area contributed by atoms with Gasteiger partial charge in [0.15, 0.2) is 0 Å². The van der Waals surface area contributed by atoms with Gasteiger partial charge >= 0.3 is 5.97 Å². The molecule has 1 heterocycles. The summed E-state index contributed by atoms with van der Waals surface area (Å²) < 4.78 is 0.933. The molecule has 0 aromatic carbocycles. The molecule has 8 heteroatoms. The molecule has 0 spiro atoms. The van der Waals surface area contributed by atoms with Crippen molar-refractivity contribution in [1.29, 1.82) is 0 Å². The van der Waals surface area contributed by atoms with Crippen molar-refractivity contribution in [3.05, 3.63) is 32.8 Å². The Morgan fingerprint density at radius 2 is 1.95 bits per heavy atom. The summed E-state index contributed by atoms with van der Waals surface area (Å²) in [4.78, 5) is 44.2. The van der Waals surface area contributed by atoms with Crippen LogP contribution < -0.4 is 16.4 Å². The van der Waals surface area contributed by atoms with E-state index in [-0.39, 0.29) is 18.9 Å². The number of unbranched alkanes of at least 4 members (excludes halogenated alkanes) is 2. The SMILES string of the molecule is O=C(O)CCCCCNC(=O)Cn1[nH]c(=O)ccc1=O. The van der Waals surface area contributed by atoms with E-state index in [1.165, 1.54) is 0 Å². The number of nitrogens with zero attached hydrogens (tertiary/aromatic N) is 1. The van der Waals surface area contributed by atoms with Crippen molar-refractivity contribution in [2.45, 2.75) is 32.2 Å². The molecular weight excluding hydrogens is 266 g/mol. The Kier molecular flexibility index (Phi) is 6.21. The van der Waals surface area contributed by atoms with Gasteiger partial charge in [-0.15, -0.1) is 0 Å². The molecule has 1 aromatic heterocycles. The Morgan fingerprint density at radius 3 is 2.65 bits per heavy atom. The molecule has 3 N–H and O–H groups in total. The molecule has 0 fully saturated rings. The fraction of sp³-hybridized carbons (Fsp3) is 0.500. The molecule has 20 heavy (non-hydrogen) atoms. The molecule has 8 nitrogen and oxygen atoms in total. The second-order valence-electron chi connectivity index (χ2n) is 4.29. The van der Waals surface area contributed by atoms with Gasteiger partial charge in [0.05, 0.1) is 0 Å². The minimum absolute atomic E-state index is 0.120. The maximum atomic E-state index is 11.5. The van der Waals surface area contributed by atoms with E-state index in [0.717, 1.165) is 16.8 Å². The number of H-pyrrole nitrogens is 1. The predicted octanol–water partition coefficient (Wildman–Crippen LogP) is -0.702. The van der Waals surface area contributed by atoms with Crippen LogP contribution in [0.1, 0.15) is 25.7 Å². The molecule has 0 aliphatic carbocycles. The molecule has 0 aliphatic rings. The average Bonchev–Trinajstić information content (AvgIpc) is 2.37. The Hall–Kier alpha value is -2.38. The highest BCUT2D eigenvalue weighted by molar-refractivity contribution is 5.75. The van der Waals surface area contributed by atoms with E-state index in [0.29, 0.717) is 25.8 Å². The lowest BCUT2D eigenvalue weighted by Crippen LogP contribution is -2.36. The number of amides is 1. The van der Waals surface area contributed by atoms with Gasteiger partial charge in [-0.3, -0.25) is 24.3 Å². The Bertz CT molecular complexity index is 575. The summed E-state index contributed by atoms with van der Waals surface area (Å²) in [5.41, 5.74) is -0.910. The number of aliphatic carboxylic acids is 1. The lowest BCUT2D eigenvalue weighted by molar-refractivity contribution is -0.137. The van der Waals surface area contributed by atoms with Gasteiger partial charge in [0.25, 0.3) is 11.1 Å². The number of hydrogen-bond donors (Lipinski definition) is 3. The zero-order valence-corrected chi connectivity index (χ0v) is 10.9. The van der Waals surface area contributed by atoms with Crippen molar-refractivity contribution in [2.75, 3.05) is 6.54 Å². The number of carbonyl (C=O) groups excluding carboxylic acids is 1. The van der Waals surface area contributed by atoms with Crippen LogP contribution in [0.2, 0.25) is 0 Å². The summed E-state index contributed by atoms with van der Waals surface area (Å²) in [6.07, 6.45) is 2.05. The molecule has 0 atom stereocenters. The van der Waals surface area contributed by atoms with E-state index in [1.54, 1.807) is 0 Å². The van der Waals surface area contributed by atoms with E-state index in [1.807, 2.05) is 0 Å². The molecule has 0 saturated heterocycles. The lowest BCUT2D eigenvalue weighted by atomic mass is 10.2. The van der Waals surface area contributed by atoms with Crippen LogP contribution in [-0.4, -0.2) is 33.3 Å². The second-order valence-corrected chi connectivity index (χ2v) is 4.29. The maximum absolute atomic E-state index is 11.5. The quantitative estimate of drug-likeness (QED) is 0.544. The van der Waals surface area contributed by atoms with E-state index >= 15 is 0 Å². The molecule has 1 rings (SSSR count). The first-order valence-electron chi connectivity index (χ1n) is 6.27. The van der Waals surface area contributed by atoms with Crippen molar-refractivity contribution >= 4 is 11.9 Å². The third-order valence-electron chi connectivity index (χ3n) is 2.58. The minimum Gasteiger partial charge on any atom is -0.481 e. The molecule has 1 aromatic rings. The third-order valence-corrected chi connectivity index (χ3v) is 2.58. The minimum atomic E-state index is -0.832. The number of carboxylic acid groups (broad SMARTS) is 1. The van der Waals surface area contributed by atoms with Gasteiger partial charge in [0.1, 0.15) is 6.54 Å². The van der Waals surface area contributed by atoms with Gasteiger partial charge < -0.3 is 10.4 Å². The fourth-order valence-corrected chi connectivity index (χ4v) is 1.59. The lowest BCUT2D eigenvalue weighted by Gasteiger charge is -2.06. The van der Waals surface area contributed by atoms with Gasteiger partial charge in [-0.1, -0.05) is 6.42 Å². The van der Waals surface area contributed by atoms with Gasteiger partial charge in [0, 0.05) is 25.1 Å². The topological polar surface area (TPSA) is 121 Å². The van der Waals surface area contributed by atoms with Crippen molar-refractivity contribution in [1.82, 2.24) is 15.1 Å². The number of aromatic nitrogens is 2. The maximum Gasteiger partial charge on any atom is 0.303 e. The summed E-state index contributed by atoms with van der Waals surface area (Å²) in [6, 6.07) is 2.19. The number of rotatable bonds is 8. The molecule has 0 saturated carbocycles. The first-order valence-corrected chi connectivity index (χ1v) is 6.27. The fourth-order valence-electron chi connectivity index (χ4n) is 1.59. The number of carboxylic acids is 1. The van der Waals surface area contributed by atoms with E-state index < -0.39 is 17.1 Å². The predicted molar refractivity (Wildman–Crippen MR) is 70.4 cm³/mol. The van der Waals surface area contributed by atoms with Gasteiger partial charge in [-0.05, 0) is 12.8 Å². The number of carbonyl (C=O) groups is 2. The second kappa shape index (κ2) is 7.93. The van der Waals surface area contributed by atoms with Crippen molar-refractivity contribution in [2.24, 2.45) is 0 Å². The summed E-state index contributed by atoms with van der Waals surface area (Å²) in [5, 5.41) is 13.3. The number of nitrogens with one attached hydrogen (secondary N) is 2. The van der Waals surface area contributed by atoms with Gasteiger partial charge in [0.2, 0.25) is 5.91 Å². The standard InChI is InChI=1S/C12H17N3O5/c16-9-5-6-11(18)15(14-9)8-10(17)13-7-3-1-2-4-12(19)20/h5-6H,1-4,7-8H2,(H,13,17)(H,14,16)(H,19,20). The van der Waals surface area contributed by atoms with Crippen LogP contribution in [0, 0.1) is 0 Å². The first-order chi connectivity index (χ1) is 9.49. The summed E-state index contributed by atoms with van der Waals surface area (Å²) >= 11 is 0. The van der Waals surface area contributed by atoms with Crippen LogP contribution in [0.4, 0.5) is 0 Å². The van der Waals surface area contributed by atoms with Crippen LogP contribution in [-0.2, 0) is 16.1 Å². The van der Waals surface area contributed by atoms with Crippen LogP contribution >= 0.6 is 0 Å². The smallest absolute Gasteiger partial charge is 0.303 e. The zero-order chi connectivity index (χ0) is 15.0. The van der Waals surface area contributed by atoms with E-state index in [4.69, 9.17) is 5.11 Å². The van der Waals surface area contributed by atoms with Crippen molar-refractivity contribution in [3.63, 3.8) is 0 Å². The summed E-state index contributed by atoms with van der Waals surface area (Å²) in [5.74, 6) is -1.21. The summed E-state index contributed by atoms with van der Waals surface area (Å²) in [7, 11) is 0. The molecule has 0 aliphatic heterocycles. The molecule has 0 unspecified atom stereocenters. The first kappa shape index (κ1) is 15.7. The normalized spacial score (nSPS) is 10.2. The Balaban J connectivity index is 2.27. The van der Waals surface area contributed by atoms with Crippen LogP contribution in [0.15, 0.2) is 21.7 Å². The molecule has 110 valence electrons. The molecular formula is C12H17N3O5. The highest BCUT2D eigenvalue weighted by Gasteiger charge is 2.04. The van der Waals surface area contributed by atoms with Gasteiger partial charge in [-0.2, -0.15) is 0 Å². The van der Waals surface area contributed by atoms with Gasteiger partial charge in [-0.25, -0.2) is 4.68 Å². The number of hydrogen-bond acceptors (Lipinski definition) is 4. The largest absolute Gasteiger partial charge is 0.481 e. The van der Waals surface area contributed by atoms with Crippen molar-refractivity contribution < 1.29 is 14.7 Å².